The Kier molecular flexibility index (Phi) is 10.9. The summed E-state index contributed by atoms with van der Waals surface area (Å²) in [5, 5.41) is 18.1. The number of carbonyl (C=O) groups excluding carboxylic acids is 2. The van der Waals surface area contributed by atoms with Crippen molar-refractivity contribution in [3.8, 4) is 5.75 Å². The van der Waals surface area contributed by atoms with E-state index in [4.69, 9.17) is 14.5 Å². The van der Waals surface area contributed by atoms with Crippen LogP contribution in [0.4, 0.5) is 21.9 Å². The number of benzene rings is 3. The van der Waals surface area contributed by atoms with Crippen LogP contribution < -0.4 is 30.5 Å². The standard InChI is InChI=1S/C34H40N6O6/c1-45-30-14-13-27(40(26-11-6-3-7-12-26)33-35-17-8-18-36-33)21-29(30)39-19-15-25(16-20-39)31(41)37-22-28(32(42)43)38-34(44)46-23-24-9-4-2-5-10-24/h2-7,9-14,21,25,28H,8,15-20,22-23H2,1H3,(H,35,36)(H,37,41)(H,38,44)(H,42,43)/t28-/m0/s1. The highest BCUT2D eigenvalue weighted by molar-refractivity contribution is 6.03. The number of ether oxygens (including phenoxy) is 2. The second-order valence-electron chi connectivity index (χ2n) is 11.1. The molecule has 5 rings (SSSR count). The van der Waals surface area contributed by atoms with Crippen LogP contribution in [0.5, 0.6) is 5.75 Å². The molecule has 3 aromatic rings. The van der Waals surface area contributed by atoms with Crippen LogP contribution in [0.2, 0.25) is 0 Å². The van der Waals surface area contributed by atoms with Gasteiger partial charge in [0.1, 0.15) is 18.4 Å². The van der Waals surface area contributed by atoms with Crippen LogP contribution in [0.15, 0.2) is 83.9 Å². The van der Waals surface area contributed by atoms with Gasteiger partial charge in [0.15, 0.2) is 0 Å². The van der Waals surface area contributed by atoms with Gasteiger partial charge in [0.25, 0.3) is 0 Å². The van der Waals surface area contributed by atoms with E-state index in [0.29, 0.717) is 25.9 Å². The fourth-order valence-electron chi connectivity index (χ4n) is 5.54. The maximum atomic E-state index is 13.0. The zero-order valence-electron chi connectivity index (χ0n) is 25.9. The van der Waals surface area contributed by atoms with E-state index < -0.39 is 18.1 Å². The van der Waals surface area contributed by atoms with E-state index in [0.717, 1.165) is 53.8 Å². The van der Waals surface area contributed by atoms with Gasteiger partial charge in [-0.1, -0.05) is 48.5 Å². The van der Waals surface area contributed by atoms with Crippen molar-refractivity contribution < 1.29 is 29.0 Å². The first-order valence-corrected chi connectivity index (χ1v) is 15.5. The monoisotopic (exact) mass is 628 g/mol. The summed E-state index contributed by atoms with van der Waals surface area (Å²) in [7, 11) is 1.64. The van der Waals surface area contributed by atoms with Gasteiger partial charge in [0.05, 0.1) is 18.5 Å². The number of carbonyl (C=O) groups is 3. The molecule has 2 aliphatic heterocycles. The lowest BCUT2D eigenvalue weighted by atomic mass is 9.95. The molecule has 2 aliphatic rings. The minimum Gasteiger partial charge on any atom is -0.495 e. The number of carboxylic acids is 1. The van der Waals surface area contributed by atoms with E-state index in [-0.39, 0.29) is 25.0 Å². The number of aliphatic carboxylic acids is 1. The number of aliphatic imine (C=N–C) groups is 1. The molecule has 0 spiro atoms. The smallest absolute Gasteiger partial charge is 0.408 e. The molecule has 3 aromatic carbocycles. The summed E-state index contributed by atoms with van der Waals surface area (Å²) in [4.78, 5) is 46.1. The molecule has 4 N–H and O–H groups in total. The maximum absolute atomic E-state index is 13.0. The second-order valence-corrected chi connectivity index (χ2v) is 11.1. The lowest BCUT2D eigenvalue weighted by Crippen LogP contribution is -2.50. The summed E-state index contributed by atoms with van der Waals surface area (Å²) in [6.45, 7) is 2.57. The van der Waals surface area contributed by atoms with Gasteiger partial charge >= 0.3 is 12.1 Å². The van der Waals surface area contributed by atoms with Crippen molar-refractivity contribution in [1.82, 2.24) is 16.0 Å². The second kappa shape index (κ2) is 15.6. The lowest BCUT2D eigenvalue weighted by Gasteiger charge is -2.35. The molecule has 46 heavy (non-hydrogen) atoms. The largest absolute Gasteiger partial charge is 0.495 e. The number of hydrogen-bond acceptors (Lipinski definition) is 9. The fourth-order valence-corrected chi connectivity index (χ4v) is 5.54. The molecular weight excluding hydrogens is 588 g/mol. The van der Waals surface area contributed by atoms with Crippen LogP contribution in [0.3, 0.4) is 0 Å². The third-order valence-electron chi connectivity index (χ3n) is 8.02. The van der Waals surface area contributed by atoms with Crippen molar-refractivity contribution in [2.24, 2.45) is 10.9 Å². The van der Waals surface area contributed by atoms with Gasteiger partial charge < -0.3 is 35.4 Å². The molecule has 12 nitrogen and oxygen atoms in total. The van der Waals surface area contributed by atoms with Crippen molar-refractivity contribution in [2.75, 3.05) is 49.6 Å². The number of methoxy groups -OCH3 is 1. The molecule has 12 heteroatoms. The summed E-state index contributed by atoms with van der Waals surface area (Å²) in [5.41, 5.74) is 3.61. The molecule has 1 fully saturated rings. The third kappa shape index (κ3) is 8.26. The van der Waals surface area contributed by atoms with Crippen LogP contribution in [0.25, 0.3) is 0 Å². The van der Waals surface area contributed by atoms with Gasteiger partial charge in [-0.3, -0.25) is 14.7 Å². The fraction of sp³-hybridized carbons (Fsp3) is 0.353. The number of para-hydroxylation sites is 1. The van der Waals surface area contributed by atoms with Gasteiger partial charge in [-0.05, 0) is 55.2 Å². The first-order chi connectivity index (χ1) is 22.4. The lowest BCUT2D eigenvalue weighted by molar-refractivity contribution is -0.139. The van der Waals surface area contributed by atoms with E-state index in [1.807, 2.05) is 60.7 Å². The summed E-state index contributed by atoms with van der Waals surface area (Å²) >= 11 is 0. The number of nitrogens with one attached hydrogen (secondary N) is 3. The Labute approximate surface area is 268 Å². The van der Waals surface area contributed by atoms with Crippen LogP contribution in [-0.4, -0.2) is 74.9 Å². The number of piperidine rings is 1. The molecule has 1 saturated heterocycles. The zero-order valence-corrected chi connectivity index (χ0v) is 25.9. The van der Waals surface area contributed by atoms with Gasteiger partial charge in [-0.2, -0.15) is 0 Å². The molecule has 0 saturated carbocycles. The number of guanidine groups is 1. The number of carboxylic acid groups (broad SMARTS) is 1. The highest BCUT2D eigenvalue weighted by Gasteiger charge is 2.29. The topological polar surface area (TPSA) is 145 Å². The van der Waals surface area contributed by atoms with Crippen LogP contribution in [-0.2, 0) is 20.9 Å². The SMILES string of the molecule is COc1ccc(N(C2=NCCCN2)c2ccccc2)cc1N1CCC(C(=O)NC[C@H](NC(=O)OCc2ccccc2)C(=O)O)CC1. The highest BCUT2D eigenvalue weighted by atomic mass is 16.5. The quantitative estimate of drug-likeness (QED) is 0.249. The summed E-state index contributed by atoms with van der Waals surface area (Å²) in [5.74, 6) is -0.290. The number of alkyl carbamates (subject to hydrolysis) is 1. The predicted molar refractivity (Wildman–Crippen MR) is 176 cm³/mol. The predicted octanol–water partition coefficient (Wildman–Crippen LogP) is 3.89. The summed E-state index contributed by atoms with van der Waals surface area (Å²) in [6.07, 6.45) is 1.25. The van der Waals surface area contributed by atoms with Gasteiger partial charge in [0, 0.05) is 44.3 Å². The Morgan fingerprint density at radius 2 is 1.74 bits per heavy atom. The average molecular weight is 629 g/mol. The Morgan fingerprint density at radius 1 is 1.02 bits per heavy atom. The molecule has 2 amide bonds. The Hall–Kier alpha value is -5.26. The number of rotatable bonds is 11. The minimum atomic E-state index is -1.32. The van der Waals surface area contributed by atoms with Crippen molar-refractivity contribution in [1.29, 1.82) is 0 Å². The molecule has 0 bridgehead atoms. The first kappa shape index (κ1) is 32.1. The van der Waals surface area contributed by atoms with Crippen molar-refractivity contribution in [3.63, 3.8) is 0 Å². The van der Waals surface area contributed by atoms with Gasteiger partial charge in [-0.25, -0.2) is 9.59 Å². The van der Waals surface area contributed by atoms with E-state index in [1.54, 1.807) is 19.2 Å². The Balaban J connectivity index is 1.19. The zero-order chi connectivity index (χ0) is 32.3. The summed E-state index contributed by atoms with van der Waals surface area (Å²) in [6, 6.07) is 23.9. The summed E-state index contributed by atoms with van der Waals surface area (Å²) < 4.78 is 10.9. The van der Waals surface area contributed by atoms with E-state index in [1.165, 1.54) is 0 Å². The minimum absolute atomic E-state index is 0.00751. The highest BCUT2D eigenvalue weighted by Crippen LogP contribution is 2.37. The third-order valence-corrected chi connectivity index (χ3v) is 8.02. The van der Waals surface area contributed by atoms with E-state index >= 15 is 0 Å². The number of hydrogen-bond donors (Lipinski definition) is 4. The van der Waals surface area contributed by atoms with Crippen LogP contribution in [0.1, 0.15) is 24.8 Å². The molecule has 242 valence electrons. The van der Waals surface area contributed by atoms with Gasteiger partial charge in [0.2, 0.25) is 11.9 Å². The molecule has 0 aromatic heterocycles. The Bertz CT molecular complexity index is 1510. The molecule has 0 radical (unpaired) electrons. The van der Waals surface area contributed by atoms with Gasteiger partial charge in [-0.15, -0.1) is 0 Å². The normalized spacial score (nSPS) is 15.5. The molecule has 1 atom stereocenters. The molecule has 2 heterocycles. The van der Waals surface area contributed by atoms with Crippen LogP contribution in [0, 0.1) is 5.92 Å². The number of nitrogens with zero attached hydrogens (tertiary/aromatic N) is 3. The molecular formula is C34H40N6O6. The van der Waals surface area contributed by atoms with Crippen molar-refractivity contribution >= 4 is 41.0 Å². The Morgan fingerprint density at radius 3 is 2.39 bits per heavy atom. The van der Waals surface area contributed by atoms with Crippen molar-refractivity contribution in [2.45, 2.75) is 31.9 Å². The average Bonchev–Trinajstić information content (AvgIpc) is 3.10. The number of anilines is 3. The van der Waals surface area contributed by atoms with Crippen LogP contribution >= 0.6 is 0 Å². The van der Waals surface area contributed by atoms with E-state index in [9.17, 15) is 19.5 Å². The first-order valence-electron chi connectivity index (χ1n) is 15.5. The maximum Gasteiger partial charge on any atom is 0.408 e. The van der Waals surface area contributed by atoms with Crippen molar-refractivity contribution in [3.05, 3.63) is 84.4 Å². The number of amides is 2. The molecule has 0 aliphatic carbocycles. The molecule has 0 unspecified atom stereocenters. The van der Waals surface area contributed by atoms with E-state index in [2.05, 4.69) is 31.8 Å².